The Morgan fingerprint density at radius 2 is 1.96 bits per heavy atom. The molecule has 1 aliphatic rings. The van der Waals surface area contributed by atoms with Gasteiger partial charge in [0.25, 0.3) is 0 Å². The number of methoxy groups -OCH3 is 1. The second kappa shape index (κ2) is 7.91. The van der Waals surface area contributed by atoms with Crippen molar-refractivity contribution in [1.29, 1.82) is 0 Å². The SMILES string of the molecule is COc1ccc(S(=O)(=O)NCC2(c3ccc(C(C)O)s3)CCCC2)cc1C. The number of aliphatic hydroxyl groups is 1. The first-order chi connectivity index (χ1) is 12.8. The van der Waals surface area contributed by atoms with Crippen LogP contribution in [0.2, 0.25) is 0 Å². The smallest absolute Gasteiger partial charge is 0.240 e. The van der Waals surface area contributed by atoms with Gasteiger partial charge < -0.3 is 9.84 Å². The topological polar surface area (TPSA) is 75.6 Å². The standard InChI is InChI=1S/C20H27NO4S2/c1-14-12-16(6-7-17(14)25-3)27(23,24)21-13-20(10-4-5-11-20)19-9-8-18(26-19)15(2)22/h6-9,12,15,21-22H,4-5,10-11,13H2,1-3H3. The Hall–Kier alpha value is -1.41. The molecule has 0 radical (unpaired) electrons. The Kier molecular flexibility index (Phi) is 5.96. The number of benzene rings is 1. The summed E-state index contributed by atoms with van der Waals surface area (Å²) >= 11 is 1.59. The quantitative estimate of drug-likeness (QED) is 0.727. The maximum Gasteiger partial charge on any atom is 0.240 e. The van der Waals surface area contributed by atoms with Gasteiger partial charge in [-0.15, -0.1) is 11.3 Å². The van der Waals surface area contributed by atoms with Gasteiger partial charge in [-0.2, -0.15) is 0 Å². The van der Waals surface area contributed by atoms with E-state index >= 15 is 0 Å². The molecule has 3 rings (SSSR count). The molecule has 5 nitrogen and oxygen atoms in total. The summed E-state index contributed by atoms with van der Waals surface area (Å²) in [4.78, 5) is 2.33. The molecule has 0 bridgehead atoms. The maximum atomic E-state index is 12.8. The van der Waals surface area contributed by atoms with E-state index in [0.29, 0.717) is 12.3 Å². The molecule has 0 amide bonds. The van der Waals surface area contributed by atoms with Gasteiger partial charge in [0.15, 0.2) is 0 Å². The van der Waals surface area contributed by atoms with Crippen LogP contribution in [0.15, 0.2) is 35.2 Å². The number of aliphatic hydroxyl groups excluding tert-OH is 1. The van der Waals surface area contributed by atoms with Gasteiger partial charge in [-0.3, -0.25) is 0 Å². The third-order valence-electron chi connectivity index (χ3n) is 5.40. The lowest BCUT2D eigenvalue weighted by Gasteiger charge is -2.28. The first-order valence-electron chi connectivity index (χ1n) is 9.20. The molecule has 7 heteroatoms. The van der Waals surface area contributed by atoms with Gasteiger partial charge in [-0.1, -0.05) is 12.8 Å². The lowest BCUT2D eigenvalue weighted by Crippen LogP contribution is -2.38. The lowest BCUT2D eigenvalue weighted by atomic mass is 9.85. The molecule has 1 saturated carbocycles. The molecule has 1 fully saturated rings. The third-order valence-corrected chi connectivity index (χ3v) is 8.30. The summed E-state index contributed by atoms with van der Waals surface area (Å²) in [5.74, 6) is 0.672. The van der Waals surface area contributed by atoms with E-state index in [9.17, 15) is 13.5 Å². The second-order valence-corrected chi connectivity index (χ2v) is 10.2. The highest BCUT2D eigenvalue weighted by molar-refractivity contribution is 7.89. The Balaban J connectivity index is 1.82. The highest BCUT2D eigenvalue weighted by Crippen LogP contribution is 2.44. The molecule has 148 valence electrons. The summed E-state index contributed by atoms with van der Waals surface area (Å²) in [6.07, 6.45) is 3.59. The van der Waals surface area contributed by atoms with E-state index in [1.165, 1.54) is 0 Å². The van der Waals surface area contributed by atoms with Crippen LogP contribution in [0.3, 0.4) is 0 Å². The minimum absolute atomic E-state index is 0.188. The van der Waals surface area contributed by atoms with Crippen LogP contribution in [0, 0.1) is 6.92 Å². The Labute approximate surface area is 165 Å². The highest BCUT2D eigenvalue weighted by atomic mass is 32.2. The average Bonchev–Trinajstić information content (AvgIpc) is 3.30. The Morgan fingerprint density at radius 1 is 1.26 bits per heavy atom. The van der Waals surface area contributed by atoms with Crippen molar-refractivity contribution in [3.63, 3.8) is 0 Å². The van der Waals surface area contributed by atoms with Crippen LogP contribution in [-0.4, -0.2) is 27.2 Å². The van der Waals surface area contributed by atoms with Crippen molar-refractivity contribution >= 4 is 21.4 Å². The van der Waals surface area contributed by atoms with Crippen molar-refractivity contribution < 1.29 is 18.3 Å². The van der Waals surface area contributed by atoms with Crippen LogP contribution in [0.1, 0.15) is 54.0 Å². The van der Waals surface area contributed by atoms with Crippen LogP contribution in [0.4, 0.5) is 0 Å². The van der Waals surface area contributed by atoms with Crippen LogP contribution in [0.25, 0.3) is 0 Å². The van der Waals surface area contributed by atoms with Gasteiger partial charge in [0.1, 0.15) is 5.75 Å². The van der Waals surface area contributed by atoms with Crippen LogP contribution < -0.4 is 9.46 Å². The summed E-state index contributed by atoms with van der Waals surface area (Å²) < 4.78 is 33.7. The van der Waals surface area contributed by atoms with Crippen LogP contribution in [0.5, 0.6) is 5.75 Å². The van der Waals surface area contributed by atoms with Gasteiger partial charge in [-0.05, 0) is 62.6 Å². The molecule has 27 heavy (non-hydrogen) atoms. The zero-order valence-electron chi connectivity index (χ0n) is 16.0. The number of hydrogen-bond acceptors (Lipinski definition) is 5. The van der Waals surface area contributed by atoms with Gasteiger partial charge in [0.2, 0.25) is 10.0 Å². The molecule has 1 aromatic heterocycles. The van der Waals surface area contributed by atoms with Gasteiger partial charge in [-0.25, -0.2) is 13.1 Å². The molecule has 0 aliphatic heterocycles. The number of rotatable bonds is 7. The van der Waals surface area contributed by atoms with Crippen LogP contribution in [-0.2, 0) is 15.4 Å². The van der Waals surface area contributed by atoms with E-state index in [4.69, 9.17) is 4.74 Å². The largest absolute Gasteiger partial charge is 0.496 e. The molecule has 1 aromatic carbocycles. The average molecular weight is 410 g/mol. The van der Waals surface area contributed by atoms with E-state index < -0.39 is 16.1 Å². The summed E-state index contributed by atoms with van der Waals surface area (Å²) in [7, 11) is -2.03. The molecule has 0 spiro atoms. The predicted octanol–water partition coefficient (Wildman–Crippen LogP) is 3.91. The summed E-state index contributed by atoms with van der Waals surface area (Å²) in [5, 5.41) is 9.83. The van der Waals surface area contributed by atoms with E-state index in [1.807, 2.05) is 19.1 Å². The number of hydrogen-bond donors (Lipinski definition) is 2. The molecule has 1 unspecified atom stereocenters. The maximum absolute atomic E-state index is 12.8. The number of sulfonamides is 1. The zero-order valence-corrected chi connectivity index (χ0v) is 17.6. The van der Waals surface area contributed by atoms with Crippen molar-refractivity contribution in [3.8, 4) is 5.75 Å². The molecule has 2 N–H and O–H groups in total. The van der Waals surface area contributed by atoms with Gasteiger partial charge in [0.05, 0.1) is 18.1 Å². The molecular weight excluding hydrogens is 382 g/mol. The summed E-state index contributed by atoms with van der Waals surface area (Å²) in [6.45, 7) is 3.96. The number of aryl methyl sites for hydroxylation is 1. The Bertz CT molecular complexity index is 896. The van der Waals surface area contributed by atoms with Crippen molar-refractivity contribution in [2.45, 2.75) is 55.9 Å². The van der Waals surface area contributed by atoms with E-state index in [1.54, 1.807) is 43.6 Å². The fraction of sp³-hybridized carbons (Fsp3) is 0.500. The first-order valence-corrected chi connectivity index (χ1v) is 11.5. The Morgan fingerprint density at radius 3 is 2.52 bits per heavy atom. The normalized spacial score (nSPS) is 17.8. The number of ether oxygens (including phenoxy) is 1. The highest BCUT2D eigenvalue weighted by Gasteiger charge is 2.38. The third kappa shape index (κ3) is 4.21. The van der Waals surface area contributed by atoms with Crippen molar-refractivity contribution in [2.75, 3.05) is 13.7 Å². The molecular formula is C20H27NO4S2. The molecule has 0 saturated heterocycles. The summed E-state index contributed by atoms with van der Waals surface area (Å²) in [6, 6.07) is 8.89. The van der Waals surface area contributed by atoms with Crippen molar-refractivity contribution in [1.82, 2.24) is 4.72 Å². The number of nitrogens with one attached hydrogen (secondary N) is 1. The minimum atomic E-state index is -3.60. The van der Waals surface area contributed by atoms with Crippen molar-refractivity contribution in [3.05, 3.63) is 45.6 Å². The predicted molar refractivity (Wildman–Crippen MR) is 108 cm³/mol. The zero-order chi connectivity index (χ0) is 19.7. The van der Waals surface area contributed by atoms with Gasteiger partial charge >= 0.3 is 0 Å². The van der Waals surface area contributed by atoms with E-state index in [-0.39, 0.29) is 10.3 Å². The van der Waals surface area contributed by atoms with Crippen LogP contribution >= 0.6 is 11.3 Å². The minimum Gasteiger partial charge on any atom is -0.496 e. The first kappa shape index (κ1) is 20.3. The van der Waals surface area contributed by atoms with Crippen molar-refractivity contribution in [2.24, 2.45) is 0 Å². The molecule has 1 heterocycles. The summed E-state index contributed by atoms with van der Waals surface area (Å²) in [5.41, 5.74) is 0.600. The fourth-order valence-electron chi connectivity index (χ4n) is 3.76. The van der Waals surface area contributed by atoms with E-state index in [0.717, 1.165) is 41.0 Å². The lowest BCUT2D eigenvalue weighted by molar-refractivity contribution is 0.203. The molecule has 1 aliphatic carbocycles. The van der Waals surface area contributed by atoms with Gasteiger partial charge in [0, 0.05) is 21.7 Å². The monoisotopic (exact) mass is 409 g/mol. The fourth-order valence-corrected chi connectivity index (χ4v) is 6.16. The molecule has 1 atom stereocenters. The second-order valence-electron chi connectivity index (χ2n) is 7.32. The van der Waals surface area contributed by atoms with E-state index in [2.05, 4.69) is 4.72 Å². The number of thiophene rings is 1. The molecule has 2 aromatic rings.